The van der Waals surface area contributed by atoms with Crippen molar-refractivity contribution in [2.24, 2.45) is 0 Å². The molecule has 0 fully saturated rings. The molecule has 0 saturated heterocycles. The van der Waals surface area contributed by atoms with Crippen molar-refractivity contribution >= 4 is 32.6 Å². The number of nitrogens with zero attached hydrogens (tertiary/aromatic N) is 1. The van der Waals surface area contributed by atoms with Gasteiger partial charge in [-0.15, -0.1) is 0 Å². The Morgan fingerprint density at radius 1 is 1.44 bits per heavy atom. The Kier molecular flexibility index (Phi) is 2.92. The van der Waals surface area contributed by atoms with Gasteiger partial charge in [0.25, 0.3) is 0 Å². The molecule has 0 atom stereocenters. The first-order valence-corrected chi connectivity index (χ1v) is 6.10. The molecule has 1 amide bonds. The molecule has 1 aromatic carbocycles. The summed E-state index contributed by atoms with van der Waals surface area (Å²) in [4.78, 5) is 15.7. The van der Waals surface area contributed by atoms with Gasteiger partial charge < -0.3 is 5.32 Å². The Hall–Kier alpha value is -1.42. The Balaban J connectivity index is 2.44. The fourth-order valence-corrected chi connectivity index (χ4v) is 2.43. The molecule has 0 bridgehead atoms. The third-order valence-electron chi connectivity index (χ3n) is 2.65. The van der Waals surface area contributed by atoms with Crippen LogP contribution in [0.1, 0.15) is 24.5 Å². The average Bonchev–Trinajstić information content (AvgIpc) is 2.67. The number of aryl methyl sites for hydroxylation is 2. The molecular weight excluding hydrogens is 220 g/mol. The first kappa shape index (κ1) is 11.1. The number of thiazole rings is 1. The van der Waals surface area contributed by atoms with Gasteiger partial charge in [0, 0.05) is 6.42 Å². The predicted octanol–water partition coefficient (Wildman–Crippen LogP) is 3.26. The number of rotatable bonds is 2. The molecule has 1 heterocycles. The van der Waals surface area contributed by atoms with Gasteiger partial charge in [-0.3, -0.25) is 4.79 Å². The van der Waals surface area contributed by atoms with E-state index in [1.165, 1.54) is 22.5 Å². The zero-order valence-electron chi connectivity index (χ0n) is 9.63. The van der Waals surface area contributed by atoms with E-state index < -0.39 is 0 Å². The van der Waals surface area contributed by atoms with Crippen molar-refractivity contribution < 1.29 is 4.79 Å². The van der Waals surface area contributed by atoms with Crippen molar-refractivity contribution in [2.45, 2.75) is 27.2 Å². The summed E-state index contributed by atoms with van der Waals surface area (Å²) in [6.07, 6.45) is 0.480. The van der Waals surface area contributed by atoms with E-state index >= 15 is 0 Å². The third kappa shape index (κ3) is 1.93. The minimum absolute atomic E-state index is 0.00781. The number of carbonyl (C=O) groups excluding carboxylic acids is 1. The van der Waals surface area contributed by atoms with E-state index in [1.807, 2.05) is 6.92 Å². The number of carbonyl (C=O) groups is 1. The van der Waals surface area contributed by atoms with Crippen LogP contribution in [0.3, 0.4) is 0 Å². The molecule has 0 aliphatic rings. The Morgan fingerprint density at radius 2 is 2.19 bits per heavy atom. The highest BCUT2D eigenvalue weighted by atomic mass is 32.1. The van der Waals surface area contributed by atoms with Gasteiger partial charge in [0.05, 0.1) is 10.2 Å². The van der Waals surface area contributed by atoms with Gasteiger partial charge in [-0.05, 0) is 31.0 Å². The van der Waals surface area contributed by atoms with Gasteiger partial charge in [-0.25, -0.2) is 4.98 Å². The van der Waals surface area contributed by atoms with Crippen LogP contribution < -0.4 is 5.32 Å². The Bertz CT molecular complexity index is 545. The fourth-order valence-electron chi connectivity index (χ4n) is 1.49. The van der Waals surface area contributed by atoms with E-state index in [9.17, 15) is 4.79 Å². The average molecular weight is 234 g/mol. The van der Waals surface area contributed by atoms with Crippen LogP contribution in [0.15, 0.2) is 12.1 Å². The number of hydrogen-bond acceptors (Lipinski definition) is 3. The maximum Gasteiger partial charge on any atom is 0.225 e. The van der Waals surface area contributed by atoms with Crippen LogP contribution in [0.25, 0.3) is 10.2 Å². The highest BCUT2D eigenvalue weighted by Crippen LogP contribution is 2.29. The quantitative estimate of drug-likeness (QED) is 0.866. The lowest BCUT2D eigenvalue weighted by atomic mass is 10.1. The van der Waals surface area contributed by atoms with Gasteiger partial charge >= 0.3 is 0 Å². The molecule has 1 N–H and O–H groups in total. The molecule has 0 saturated carbocycles. The number of nitrogens with one attached hydrogen (secondary N) is 1. The van der Waals surface area contributed by atoms with Crippen molar-refractivity contribution in [1.82, 2.24) is 4.98 Å². The third-order valence-corrected chi connectivity index (χ3v) is 3.59. The summed E-state index contributed by atoms with van der Waals surface area (Å²) in [5.74, 6) is 0.00781. The second-order valence-corrected chi connectivity index (χ2v) is 4.81. The van der Waals surface area contributed by atoms with Gasteiger partial charge in [-0.2, -0.15) is 0 Å². The topological polar surface area (TPSA) is 42.0 Å². The van der Waals surface area contributed by atoms with Gasteiger partial charge in [0.2, 0.25) is 5.91 Å². The minimum Gasteiger partial charge on any atom is -0.302 e. The smallest absolute Gasteiger partial charge is 0.225 e. The lowest BCUT2D eigenvalue weighted by Crippen LogP contribution is -2.08. The van der Waals surface area contributed by atoms with Crippen molar-refractivity contribution in [3.05, 3.63) is 23.3 Å². The summed E-state index contributed by atoms with van der Waals surface area (Å²) in [5, 5.41) is 3.49. The van der Waals surface area contributed by atoms with E-state index in [4.69, 9.17) is 0 Å². The molecule has 0 radical (unpaired) electrons. The molecule has 0 unspecified atom stereocenters. The molecule has 84 valence electrons. The molecule has 3 nitrogen and oxygen atoms in total. The summed E-state index contributed by atoms with van der Waals surface area (Å²) in [7, 11) is 0. The van der Waals surface area contributed by atoms with Crippen LogP contribution >= 0.6 is 11.3 Å². The van der Waals surface area contributed by atoms with E-state index in [2.05, 4.69) is 36.3 Å². The van der Waals surface area contributed by atoms with E-state index in [0.29, 0.717) is 11.6 Å². The second-order valence-electron chi connectivity index (χ2n) is 3.77. The highest BCUT2D eigenvalue weighted by molar-refractivity contribution is 7.22. The summed E-state index contributed by atoms with van der Waals surface area (Å²) in [5.41, 5.74) is 3.41. The maximum absolute atomic E-state index is 11.3. The summed E-state index contributed by atoms with van der Waals surface area (Å²) >= 11 is 1.52. The minimum atomic E-state index is 0.00781. The van der Waals surface area contributed by atoms with Crippen LogP contribution in [0.2, 0.25) is 0 Å². The van der Waals surface area contributed by atoms with Crippen LogP contribution in [-0.4, -0.2) is 10.9 Å². The molecule has 0 aliphatic heterocycles. The molecular formula is C12H14N2OS. The lowest BCUT2D eigenvalue weighted by molar-refractivity contribution is -0.115. The van der Waals surface area contributed by atoms with E-state index in [1.54, 1.807) is 0 Å². The monoisotopic (exact) mass is 234 g/mol. The number of amides is 1. The molecule has 0 spiro atoms. The molecule has 2 rings (SSSR count). The summed E-state index contributed by atoms with van der Waals surface area (Å²) < 4.78 is 1.12. The molecule has 2 aromatic rings. The van der Waals surface area contributed by atoms with Crippen molar-refractivity contribution in [1.29, 1.82) is 0 Å². The van der Waals surface area contributed by atoms with Gasteiger partial charge in [0.15, 0.2) is 5.13 Å². The second kappa shape index (κ2) is 4.22. The lowest BCUT2D eigenvalue weighted by Gasteiger charge is -1.98. The standard InChI is InChI=1S/C12H14N2OS/c1-4-10(15)13-12-14-11-8(3)7(2)5-6-9(11)16-12/h5-6H,4H2,1-3H3,(H,13,14,15). The number of benzene rings is 1. The van der Waals surface area contributed by atoms with Crippen molar-refractivity contribution in [3.8, 4) is 0 Å². The number of aromatic nitrogens is 1. The van der Waals surface area contributed by atoms with Gasteiger partial charge in [0.1, 0.15) is 0 Å². The van der Waals surface area contributed by atoms with Crippen LogP contribution in [0, 0.1) is 13.8 Å². The molecule has 1 aromatic heterocycles. The van der Waals surface area contributed by atoms with E-state index in [-0.39, 0.29) is 5.91 Å². The fraction of sp³-hybridized carbons (Fsp3) is 0.333. The zero-order chi connectivity index (χ0) is 11.7. The van der Waals surface area contributed by atoms with Crippen LogP contribution in [0.4, 0.5) is 5.13 Å². The first-order chi connectivity index (χ1) is 7.61. The molecule has 0 aliphatic carbocycles. The normalized spacial score (nSPS) is 10.7. The maximum atomic E-state index is 11.3. The van der Waals surface area contributed by atoms with Crippen LogP contribution in [-0.2, 0) is 4.79 Å². The predicted molar refractivity (Wildman–Crippen MR) is 68.0 cm³/mol. The van der Waals surface area contributed by atoms with E-state index in [0.717, 1.165) is 10.2 Å². The zero-order valence-corrected chi connectivity index (χ0v) is 10.4. The van der Waals surface area contributed by atoms with Gasteiger partial charge in [-0.1, -0.05) is 24.3 Å². The highest BCUT2D eigenvalue weighted by Gasteiger charge is 2.09. The Labute approximate surface area is 98.5 Å². The number of anilines is 1. The van der Waals surface area contributed by atoms with Crippen molar-refractivity contribution in [3.63, 3.8) is 0 Å². The summed E-state index contributed by atoms with van der Waals surface area (Å²) in [6.45, 7) is 5.96. The summed E-state index contributed by atoms with van der Waals surface area (Å²) in [6, 6.07) is 4.14. The first-order valence-electron chi connectivity index (χ1n) is 5.28. The van der Waals surface area contributed by atoms with Crippen molar-refractivity contribution in [2.75, 3.05) is 5.32 Å². The number of fused-ring (bicyclic) bond motifs is 1. The molecule has 16 heavy (non-hydrogen) atoms. The number of hydrogen-bond donors (Lipinski definition) is 1. The molecule has 4 heteroatoms. The Morgan fingerprint density at radius 3 is 2.88 bits per heavy atom. The SMILES string of the molecule is CCC(=O)Nc1nc2c(C)c(C)ccc2s1. The van der Waals surface area contributed by atoms with Crippen LogP contribution in [0.5, 0.6) is 0 Å². The largest absolute Gasteiger partial charge is 0.302 e.